The quantitative estimate of drug-likeness (QED) is 0.528. The normalized spacial score (nSPS) is 21.9. The van der Waals surface area contributed by atoms with Gasteiger partial charge in [-0.25, -0.2) is 9.37 Å². The number of anilines is 1. The highest BCUT2D eigenvalue weighted by Gasteiger charge is 2.48. The Labute approximate surface area is 233 Å². The topological polar surface area (TPSA) is 104 Å². The Morgan fingerprint density at radius 1 is 1.25 bits per heavy atom. The van der Waals surface area contributed by atoms with Crippen molar-refractivity contribution in [3.63, 3.8) is 0 Å². The minimum atomic E-state index is -0.536. The number of carbonyl (C=O) groups is 2. The summed E-state index contributed by atoms with van der Waals surface area (Å²) in [7, 11) is 0. The molecule has 3 aliphatic rings. The van der Waals surface area contributed by atoms with Crippen LogP contribution in [0.25, 0.3) is 0 Å². The fourth-order valence-corrected chi connectivity index (χ4v) is 6.14. The van der Waals surface area contributed by atoms with Crippen LogP contribution in [0.2, 0.25) is 0 Å². The highest BCUT2D eigenvalue weighted by atomic mass is 19.1. The second kappa shape index (κ2) is 11.6. The lowest BCUT2D eigenvalue weighted by atomic mass is 9.72. The molecule has 1 spiro atoms. The standard InChI is InChI=1S/C28H37F2N7O3/c1-4-37(18(2)3)26(38)21-13-20(30)5-6-22(21)40-25-24(32-17-33-34-25)36-15-28(16-36)8-11-35(12-9-28)27(39)23-19(14-29)7-10-31-23/h5-6,13,17-19,23,31H,4,7-12,14-16H2,1-3H3/t19-,23+/m0/s1. The zero-order valence-corrected chi connectivity index (χ0v) is 23.3. The number of rotatable bonds is 8. The van der Waals surface area contributed by atoms with Gasteiger partial charge in [-0.05, 0) is 64.8 Å². The second-order valence-electron chi connectivity index (χ2n) is 11.3. The van der Waals surface area contributed by atoms with Gasteiger partial charge < -0.3 is 24.8 Å². The van der Waals surface area contributed by atoms with Crippen LogP contribution in [0.1, 0.15) is 50.4 Å². The summed E-state index contributed by atoms with van der Waals surface area (Å²) in [5.74, 6) is -0.277. The third-order valence-corrected chi connectivity index (χ3v) is 8.48. The van der Waals surface area contributed by atoms with E-state index >= 15 is 0 Å². The van der Waals surface area contributed by atoms with E-state index < -0.39 is 18.5 Å². The van der Waals surface area contributed by atoms with Crippen molar-refractivity contribution in [3.8, 4) is 11.6 Å². The third-order valence-electron chi connectivity index (χ3n) is 8.48. The molecule has 0 radical (unpaired) electrons. The number of hydrogen-bond donors (Lipinski definition) is 1. The summed E-state index contributed by atoms with van der Waals surface area (Å²) in [5, 5.41) is 11.2. The molecular formula is C28H37F2N7O3. The Morgan fingerprint density at radius 3 is 2.67 bits per heavy atom. The highest BCUT2D eigenvalue weighted by Crippen LogP contribution is 2.44. The number of likely N-dealkylation sites (tertiary alicyclic amines) is 1. The zero-order chi connectivity index (χ0) is 28.4. The number of piperidine rings is 1. The van der Waals surface area contributed by atoms with Crippen molar-refractivity contribution in [1.82, 2.24) is 30.3 Å². The van der Waals surface area contributed by atoms with Crippen molar-refractivity contribution in [2.45, 2.75) is 52.1 Å². The average molecular weight is 558 g/mol. The van der Waals surface area contributed by atoms with Crippen LogP contribution in [-0.4, -0.2) is 94.8 Å². The van der Waals surface area contributed by atoms with E-state index in [-0.39, 0.29) is 46.4 Å². The van der Waals surface area contributed by atoms with Crippen molar-refractivity contribution in [2.75, 3.05) is 50.8 Å². The molecule has 1 aromatic heterocycles. The van der Waals surface area contributed by atoms with Gasteiger partial charge in [0.15, 0.2) is 5.82 Å². The molecule has 4 heterocycles. The van der Waals surface area contributed by atoms with Gasteiger partial charge in [0.1, 0.15) is 17.9 Å². The molecule has 0 aliphatic carbocycles. The summed E-state index contributed by atoms with van der Waals surface area (Å²) in [6, 6.07) is 3.35. The van der Waals surface area contributed by atoms with Gasteiger partial charge in [0.2, 0.25) is 5.91 Å². The first-order valence-electron chi connectivity index (χ1n) is 14.0. The molecule has 1 aromatic carbocycles. The maximum atomic E-state index is 14.2. The monoisotopic (exact) mass is 557 g/mol. The fraction of sp³-hybridized carbons (Fsp3) is 0.607. The predicted octanol–water partition coefficient (Wildman–Crippen LogP) is 3.05. The van der Waals surface area contributed by atoms with E-state index in [1.165, 1.54) is 24.5 Å². The summed E-state index contributed by atoms with van der Waals surface area (Å²) in [5.41, 5.74) is 0.147. The van der Waals surface area contributed by atoms with Crippen molar-refractivity contribution < 1.29 is 23.1 Å². The molecule has 2 aromatic rings. The van der Waals surface area contributed by atoms with Gasteiger partial charge in [0, 0.05) is 50.1 Å². The number of aromatic nitrogens is 3. The number of alkyl halides is 1. The fourth-order valence-electron chi connectivity index (χ4n) is 6.14. The lowest BCUT2D eigenvalue weighted by molar-refractivity contribution is -0.136. The van der Waals surface area contributed by atoms with Crippen molar-refractivity contribution >= 4 is 17.6 Å². The molecule has 3 saturated heterocycles. The molecule has 2 atom stereocenters. The van der Waals surface area contributed by atoms with Gasteiger partial charge in [0.05, 0.1) is 18.3 Å². The smallest absolute Gasteiger partial charge is 0.282 e. The zero-order valence-electron chi connectivity index (χ0n) is 23.3. The van der Waals surface area contributed by atoms with Crippen LogP contribution >= 0.6 is 0 Å². The summed E-state index contributed by atoms with van der Waals surface area (Å²) < 4.78 is 33.6. The van der Waals surface area contributed by atoms with Crippen molar-refractivity contribution in [3.05, 3.63) is 35.9 Å². The number of benzene rings is 1. The highest BCUT2D eigenvalue weighted by molar-refractivity contribution is 5.97. The number of amides is 2. The minimum Gasteiger partial charge on any atom is -0.434 e. The predicted molar refractivity (Wildman–Crippen MR) is 144 cm³/mol. The molecule has 40 heavy (non-hydrogen) atoms. The second-order valence-corrected chi connectivity index (χ2v) is 11.3. The SMILES string of the molecule is CCN(C(=O)c1cc(F)ccc1Oc1nncnc1N1CC2(CCN(C(=O)[C@@H]3NCC[C@H]3CF)CC2)C1)C(C)C. The minimum absolute atomic E-state index is 0.00520. The first-order chi connectivity index (χ1) is 19.2. The third kappa shape index (κ3) is 5.45. The lowest BCUT2D eigenvalue weighted by Crippen LogP contribution is -2.62. The van der Waals surface area contributed by atoms with Crippen LogP contribution in [0.5, 0.6) is 11.6 Å². The summed E-state index contributed by atoms with van der Waals surface area (Å²) in [4.78, 5) is 36.2. The number of carbonyl (C=O) groups excluding carboxylic acids is 2. The van der Waals surface area contributed by atoms with E-state index in [1.807, 2.05) is 25.7 Å². The number of nitrogens with one attached hydrogen (secondary N) is 1. The molecule has 3 fully saturated rings. The Morgan fingerprint density at radius 2 is 2.00 bits per heavy atom. The van der Waals surface area contributed by atoms with E-state index in [9.17, 15) is 18.4 Å². The summed E-state index contributed by atoms with van der Waals surface area (Å²) in [6.45, 7) is 9.05. The molecule has 0 unspecified atom stereocenters. The van der Waals surface area contributed by atoms with Crippen LogP contribution in [0.4, 0.5) is 14.6 Å². The van der Waals surface area contributed by atoms with Crippen LogP contribution in [0.3, 0.4) is 0 Å². The van der Waals surface area contributed by atoms with E-state index in [0.29, 0.717) is 51.5 Å². The molecule has 0 bridgehead atoms. The Kier molecular flexibility index (Phi) is 8.16. The van der Waals surface area contributed by atoms with E-state index in [0.717, 1.165) is 12.8 Å². The maximum Gasteiger partial charge on any atom is 0.282 e. The molecule has 1 N–H and O–H groups in total. The largest absolute Gasteiger partial charge is 0.434 e. The van der Waals surface area contributed by atoms with Crippen LogP contribution < -0.4 is 15.0 Å². The van der Waals surface area contributed by atoms with E-state index in [4.69, 9.17) is 4.74 Å². The van der Waals surface area contributed by atoms with Crippen LogP contribution in [-0.2, 0) is 4.79 Å². The Hall–Kier alpha value is -3.41. The molecule has 3 aliphatic heterocycles. The molecule has 2 amide bonds. The number of ether oxygens (including phenoxy) is 1. The van der Waals surface area contributed by atoms with Gasteiger partial charge in [-0.1, -0.05) is 0 Å². The number of nitrogens with zero attached hydrogens (tertiary/aromatic N) is 6. The van der Waals surface area contributed by atoms with Gasteiger partial charge in [0.25, 0.3) is 11.8 Å². The van der Waals surface area contributed by atoms with Gasteiger partial charge in [-0.3, -0.25) is 14.0 Å². The molecule has 10 nitrogen and oxygen atoms in total. The molecule has 5 rings (SSSR count). The van der Waals surface area contributed by atoms with Gasteiger partial charge >= 0.3 is 0 Å². The molecule has 216 valence electrons. The van der Waals surface area contributed by atoms with E-state index in [2.05, 4.69) is 25.4 Å². The lowest BCUT2D eigenvalue weighted by Gasteiger charge is -2.54. The average Bonchev–Trinajstić information content (AvgIpc) is 3.42. The van der Waals surface area contributed by atoms with Crippen molar-refractivity contribution in [2.24, 2.45) is 11.3 Å². The number of hydrogen-bond acceptors (Lipinski definition) is 8. The molecule has 0 saturated carbocycles. The van der Waals surface area contributed by atoms with Gasteiger partial charge in [-0.15, -0.1) is 10.2 Å². The number of halogens is 2. The van der Waals surface area contributed by atoms with Gasteiger partial charge in [-0.2, -0.15) is 0 Å². The molecule has 12 heteroatoms. The van der Waals surface area contributed by atoms with E-state index in [1.54, 1.807) is 4.90 Å². The van der Waals surface area contributed by atoms with Crippen LogP contribution in [0, 0.1) is 17.2 Å². The molecular weight excluding hydrogens is 520 g/mol. The Balaban J connectivity index is 1.26. The summed E-state index contributed by atoms with van der Waals surface area (Å²) >= 11 is 0. The van der Waals surface area contributed by atoms with Crippen LogP contribution in [0.15, 0.2) is 24.5 Å². The van der Waals surface area contributed by atoms with Crippen molar-refractivity contribution in [1.29, 1.82) is 0 Å². The maximum absolute atomic E-state index is 14.2. The Bertz CT molecular complexity index is 1230. The first kappa shape index (κ1) is 28.1. The first-order valence-corrected chi connectivity index (χ1v) is 14.0. The summed E-state index contributed by atoms with van der Waals surface area (Å²) in [6.07, 6.45) is 3.73.